The van der Waals surface area contributed by atoms with Gasteiger partial charge in [0.05, 0.1) is 0 Å². The van der Waals surface area contributed by atoms with Crippen LogP contribution in [0.15, 0.2) is 142 Å². The quantitative estimate of drug-likeness (QED) is 0.154. The highest BCUT2D eigenvalue weighted by Gasteiger charge is 2.20. The van der Waals surface area contributed by atoms with Crippen LogP contribution in [-0.2, 0) is 10.8 Å². The number of benzene rings is 7. The number of fused-ring (bicyclic) bond motifs is 3. The van der Waals surface area contributed by atoms with Crippen LogP contribution >= 0.6 is 31.9 Å². The molecule has 262 valence electrons. The van der Waals surface area contributed by atoms with Gasteiger partial charge in [0, 0.05) is 43.1 Å². The Morgan fingerprint density at radius 3 is 0.904 bits per heavy atom. The smallest absolute Gasteiger partial charge is 0.0468 e. The summed E-state index contributed by atoms with van der Waals surface area (Å²) in [5, 5.41) is 5.06. The molecule has 0 aromatic heterocycles. The molecule has 0 aliphatic carbocycles. The van der Waals surface area contributed by atoms with Gasteiger partial charge in [-0.25, -0.2) is 0 Å². The van der Waals surface area contributed by atoms with Crippen molar-refractivity contribution in [3.05, 3.63) is 165 Å². The highest BCUT2D eigenvalue weighted by atomic mass is 79.9. The van der Waals surface area contributed by atoms with Gasteiger partial charge < -0.3 is 9.80 Å². The summed E-state index contributed by atoms with van der Waals surface area (Å²) in [6.07, 6.45) is 0. The Labute approximate surface area is 326 Å². The lowest BCUT2D eigenvalue weighted by molar-refractivity contribution is 0.590. The lowest BCUT2D eigenvalue weighted by Crippen LogP contribution is -2.13. The second-order valence-corrected chi connectivity index (χ2v) is 17.8. The van der Waals surface area contributed by atoms with Gasteiger partial charge in [0.2, 0.25) is 0 Å². The fourth-order valence-corrected chi connectivity index (χ4v) is 7.66. The molecule has 7 rings (SSSR count). The minimum absolute atomic E-state index is 0.0889. The van der Waals surface area contributed by atoms with E-state index >= 15 is 0 Å². The summed E-state index contributed by atoms with van der Waals surface area (Å²) in [6, 6.07) is 49.1. The minimum Gasteiger partial charge on any atom is -0.310 e. The lowest BCUT2D eigenvalue weighted by Gasteiger charge is -2.28. The Hall–Kier alpha value is -4.38. The van der Waals surface area contributed by atoms with Crippen molar-refractivity contribution in [2.24, 2.45) is 0 Å². The number of hydrogen-bond acceptors (Lipinski definition) is 2. The van der Waals surface area contributed by atoms with Crippen molar-refractivity contribution in [2.45, 2.75) is 66.2 Å². The van der Waals surface area contributed by atoms with Crippen LogP contribution in [0, 0.1) is 13.8 Å². The van der Waals surface area contributed by atoms with E-state index in [-0.39, 0.29) is 10.8 Å². The molecule has 52 heavy (non-hydrogen) atoms. The van der Waals surface area contributed by atoms with Gasteiger partial charge in [0.25, 0.3) is 0 Å². The molecule has 0 saturated heterocycles. The summed E-state index contributed by atoms with van der Waals surface area (Å²) in [5.41, 5.74) is 12.2. The average Bonchev–Trinajstić information content (AvgIpc) is 3.12. The van der Waals surface area contributed by atoms with Crippen molar-refractivity contribution >= 4 is 87.5 Å². The fourth-order valence-electron chi connectivity index (χ4n) is 7.13. The third-order valence-electron chi connectivity index (χ3n) is 10.3. The minimum atomic E-state index is 0.0889. The number of hydrogen-bond donors (Lipinski definition) is 0. The molecular formula is C48H46Br2N2. The third kappa shape index (κ3) is 7.04. The van der Waals surface area contributed by atoms with E-state index in [9.17, 15) is 0 Å². The molecule has 0 amide bonds. The van der Waals surface area contributed by atoms with E-state index in [0.29, 0.717) is 0 Å². The van der Waals surface area contributed by atoms with Gasteiger partial charge in [-0.2, -0.15) is 0 Å². The van der Waals surface area contributed by atoms with Crippen LogP contribution in [0.1, 0.15) is 63.8 Å². The highest BCUT2D eigenvalue weighted by Crippen LogP contribution is 2.43. The van der Waals surface area contributed by atoms with E-state index in [1.807, 2.05) is 0 Å². The Kier molecular flexibility index (Phi) is 9.61. The SMILES string of the molecule is Cc1c(C)c2cc(N(c3ccc(Br)cc3)c3ccc(C(C)(C)C)cc3)ccc2c2ccc(N(c3ccc(Br)cc3)c3ccc(C(C)(C)C)cc3)cc12. The number of rotatable bonds is 6. The summed E-state index contributed by atoms with van der Waals surface area (Å²) in [6.45, 7) is 18.1. The van der Waals surface area contributed by atoms with E-state index in [1.165, 1.54) is 43.8 Å². The zero-order valence-electron chi connectivity index (χ0n) is 31.4. The summed E-state index contributed by atoms with van der Waals surface area (Å²) in [5.74, 6) is 0. The van der Waals surface area contributed by atoms with Gasteiger partial charge in [0.15, 0.2) is 0 Å². The summed E-state index contributed by atoms with van der Waals surface area (Å²) < 4.78 is 2.13. The van der Waals surface area contributed by atoms with Crippen LogP contribution in [0.3, 0.4) is 0 Å². The molecule has 0 bridgehead atoms. The normalized spacial score (nSPS) is 12.0. The van der Waals surface area contributed by atoms with E-state index in [4.69, 9.17) is 0 Å². The van der Waals surface area contributed by atoms with Crippen LogP contribution in [0.2, 0.25) is 0 Å². The van der Waals surface area contributed by atoms with Gasteiger partial charge in [0.1, 0.15) is 0 Å². The largest absolute Gasteiger partial charge is 0.310 e. The molecular weight excluding hydrogens is 764 g/mol. The van der Waals surface area contributed by atoms with Crippen LogP contribution in [0.25, 0.3) is 21.5 Å². The van der Waals surface area contributed by atoms with Crippen LogP contribution in [-0.4, -0.2) is 0 Å². The molecule has 7 aromatic carbocycles. The highest BCUT2D eigenvalue weighted by molar-refractivity contribution is 9.10. The Morgan fingerprint density at radius 2 is 0.615 bits per heavy atom. The topological polar surface area (TPSA) is 6.48 Å². The van der Waals surface area contributed by atoms with E-state index in [1.54, 1.807) is 0 Å². The summed E-state index contributed by atoms with van der Waals surface area (Å²) in [4.78, 5) is 4.73. The molecule has 0 spiro atoms. The predicted molar refractivity (Wildman–Crippen MR) is 233 cm³/mol. The molecule has 0 heterocycles. The van der Waals surface area contributed by atoms with Gasteiger partial charge in [-0.15, -0.1) is 0 Å². The average molecular weight is 811 g/mol. The maximum absolute atomic E-state index is 3.64. The van der Waals surface area contributed by atoms with Gasteiger partial charge in [-0.05, 0) is 166 Å². The Bertz CT molecular complexity index is 2210. The number of halogens is 2. The van der Waals surface area contributed by atoms with Gasteiger partial charge >= 0.3 is 0 Å². The molecule has 0 radical (unpaired) electrons. The number of aryl methyl sites for hydroxylation is 2. The molecule has 2 nitrogen and oxygen atoms in total. The van der Waals surface area contributed by atoms with Crippen molar-refractivity contribution in [1.82, 2.24) is 0 Å². The zero-order chi connectivity index (χ0) is 36.9. The van der Waals surface area contributed by atoms with E-state index < -0.39 is 0 Å². The van der Waals surface area contributed by atoms with Crippen LogP contribution in [0.5, 0.6) is 0 Å². The molecule has 4 heteroatoms. The van der Waals surface area contributed by atoms with Gasteiger partial charge in [-0.3, -0.25) is 0 Å². The predicted octanol–water partition coefficient (Wildman–Crippen LogP) is 15.7. The first kappa shape index (κ1) is 36.0. The van der Waals surface area contributed by atoms with Crippen molar-refractivity contribution < 1.29 is 0 Å². The Morgan fingerprint density at radius 1 is 0.346 bits per heavy atom. The second-order valence-electron chi connectivity index (χ2n) is 15.9. The van der Waals surface area contributed by atoms with E-state index in [2.05, 4.69) is 231 Å². The molecule has 0 N–H and O–H groups in total. The van der Waals surface area contributed by atoms with E-state index in [0.717, 1.165) is 43.1 Å². The number of anilines is 6. The maximum Gasteiger partial charge on any atom is 0.0468 e. The monoisotopic (exact) mass is 808 g/mol. The molecule has 0 saturated carbocycles. The maximum atomic E-state index is 3.64. The standard InChI is InChI=1S/C48H46Br2N2/c1-31-32(2)46-30-42(52(40-23-15-36(50)16-24-40)38-19-11-34(12-20-38)48(6,7)8)26-28-44(46)43-27-25-41(29-45(31)43)51(39-21-13-35(49)14-22-39)37-17-9-33(10-18-37)47(3,4)5/h9-30H,1-8H3. The molecule has 7 aromatic rings. The van der Waals surface area contributed by atoms with Crippen molar-refractivity contribution in [1.29, 1.82) is 0 Å². The van der Waals surface area contributed by atoms with Crippen molar-refractivity contribution in [3.8, 4) is 0 Å². The first-order valence-electron chi connectivity index (χ1n) is 18.0. The first-order valence-corrected chi connectivity index (χ1v) is 19.6. The first-order chi connectivity index (χ1) is 24.7. The molecule has 0 aliphatic heterocycles. The lowest BCUT2D eigenvalue weighted by atomic mass is 9.87. The van der Waals surface area contributed by atoms with Crippen molar-refractivity contribution in [2.75, 3.05) is 9.80 Å². The third-order valence-corrected chi connectivity index (χ3v) is 11.4. The Balaban J connectivity index is 1.36. The molecule has 0 atom stereocenters. The molecule has 0 unspecified atom stereocenters. The molecule has 0 aliphatic rings. The van der Waals surface area contributed by atoms with Crippen LogP contribution < -0.4 is 9.80 Å². The zero-order valence-corrected chi connectivity index (χ0v) is 34.5. The summed E-state index contributed by atoms with van der Waals surface area (Å²) in [7, 11) is 0. The molecule has 0 fully saturated rings. The fraction of sp³-hybridized carbons (Fsp3) is 0.208. The number of nitrogens with zero attached hydrogens (tertiary/aromatic N) is 2. The second kappa shape index (κ2) is 13.9. The van der Waals surface area contributed by atoms with Crippen LogP contribution in [0.4, 0.5) is 34.1 Å². The van der Waals surface area contributed by atoms with Crippen molar-refractivity contribution in [3.63, 3.8) is 0 Å². The van der Waals surface area contributed by atoms with Gasteiger partial charge in [-0.1, -0.05) is 110 Å². The summed E-state index contributed by atoms with van der Waals surface area (Å²) >= 11 is 7.28.